The number of hydrogen-bond acceptors (Lipinski definition) is 5. The van der Waals surface area contributed by atoms with Crippen LogP contribution in [0.1, 0.15) is 29.5 Å². The molecule has 118 valence electrons. The molecule has 23 heavy (non-hydrogen) atoms. The second-order valence-electron chi connectivity index (χ2n) is 5.83. The molecule has 2 heterocycles. The first kappa shape index (κ1) is 15.3. The summed E-state index contributed by atoms with van der Waals surface area (Å²) in [5.74, 6) is 0.677. The van der Waals surface area contributed by atoms with Gasteiger partial charge < -0.3 is 15.6 Å². The Morgan fingerprint density at radius 1 is 1.43 bits per heavy atom. The second kappa shape index (κ2) is 6.63. The zero-order valence-corrected chi connectivity index (χ0v) is 12.8. The van der Waals surface area contributed by atoms with Crippen LogP contribution in [0.2, 0.25) is 0 Å². The van der Waals surface area contributed by atoms with Crippen molar-refractivity contribution in [3.63, 3.8) is 0 Å². The molecule has 3 rings (SSSR count). The number of hydrogen-bond donors (Lipinski definition) is 2. The van der Waals surface area contributed by atoms with E-state index in [0.29, 0.717) is 29.9 Å². The molecule has 0 amide bonds. The summed E-state index contributed by atoms with van der Waals surface area (Å²) in [5.41, 5.74) is 7.88. The standard InChI is InChI=1S/C17H19N5O/c18-9-13-5-2-1-4-12(13)8-15-16(20-11-21-17(15)23)22-7-3-6-14(19)10-22/h1-2,4-5,11,14H,3,6-8,10,19H2,(H,20,21,23). The lowest BCUT2D eigenvalue weighted by atomic mass is 10.00. The molecule has 1 aromatic carbocycles. The van der Waals surface area contributed by atoms with Crippen molar-refractivity contribution in [2.75, 3.05) is 18.0 Å². The summed E-state index contributed by atoms with van der Waals surface area (Å²) in [5, 5.41) is 9.24. The lowest BCUT2D eigenvalue weighted by Gasteiger charge is -2.32. The number of anilines is 1. The van der Waals surface area contributed by atoms with Crippen LogP contribution in [0.25, 0.3) is 0 Å². The van der Waals surface area contributed by atoms with E-state index in [1.807, 2.05) is 18.2 Å². The lowest BCUT2D eigenvalue weighted by molar-refractivity contribution is 0.502. The van der Waals surface area contributed by atoms with E-state index in [-0.39, 0.29) is 11.6 Å². The summed E-state index contributed by atoms with van der Waals surface area (Å²) >= 11 is 0. The fraction of sp³-hybridized carbons (Fsp3) is 0.353. The molecule has 1 fully saturated rings. The minimum absolute atomic E-state index is 0.101. The maximum Gasteiger partial charge on any atom is 0.256 e. The average Bonchev–Trinajstić information content (AvgIpc) is 2.57. The van der Waals surface area contributed by atoms with Crippen molar-refractivity contribution in [2.45, 2.75) is 25.3 Å². The fourth-order valence-corrected chi connectivity index (χ4v) is 3.03. The van der Waals surface area contributed by atoms with Crippen molar-refractivity contribution in [3.05, 3.63) is 57.6 Å². The first-order chi connectivity index (χ1) is 11.2. The molecule has 1 aliphatic rings. The summed E-state index contributed by atoms with van der Waals surface area (Å²) in [4.78, 5) is 21.4. The highest BCUT2D eigenvalue weighted by molar-refractivity contribution is 5.50. The van der Waals surface area contributed by atoms with Gasteiger partial charge in [-0.1, -0.05) is 18.2 Å². The third-order valence-corrected chi connectivity index (χ3v) is 4.19. The van der Waals surface area contributed by atoms with E-state index in [0.717, 1.165) is 24.9 Å². The Morgan fingerprint density at radius 2 is 2.26 bits per heavy atom. The summed E-state index contributed by atoms with van der Waals surface area (Å²) in [6.07, 6.45) is 3.79. The first-order valence-electron chi connectivity index (χ1n) is 7.74. The highest BCUT2D eigenvalue weighted by Crippen LogP contribution is 2.22. The first-order valence-corrected chi connectivity index (χ1v) is 7.74. The number of nitrogens with one attached hydrogen (secondary N) is 1. The van der Waals surface area contributed by atoms with Gasteiger partial charge in [-0.2, -0.15) is 5.26 Å². The van der Waals surface area contributed by atoms with Crippen molar-refractivity contribution in [2.24, 2.45) is 5.73 Å². The van der Waals surface area contributed by atoms with Crippen LogP contribution in [0.5, 0.6) is 0 Å². The van der Waals surface area contributed by atoms with E-state index in [2.05, 4.69) is 20.9 Å². The van der Waals surface area contributed by atoms with Crippen LogP contribution in [0.15, 0.2) is 35.4 Å². The van der Waals surface area contributed by atoms with E-state index >= 15 is 0 Å². The zero-order chi connectivity index (χ0) is 16.2. The van der Waals surface area contributed by atoms with Gasteiger partial charge in [0.15, 0.2) is 0 Å². The third-order valence-electron chi connectivity index (χ3n) is 4.19. The van der Waals surface area contributed by atoms with Crippen LogP contribution in [-0.2, 0) is 6.42 Å². The van der Waals surface area contributed by atoms with Gasteiger partial charge in [0.25, 0.3) is 5.56 Å². The Bertz CT molecular complexity index is 792. The van der Waals surface area contributed by atoms with Gasteiger partial charge in [0.1, 0.15) is 5.82 Å². The van der Waals surface area contributed by atoms with Crippen molar-refractivity contribution < 1.29 is 0 Å². The van der Waals surface area contributed by atoms with Crippen molar-refractivity contribution in [1.82, 2.24) is 9.97 Å². The lowest BCUT2D eigenvalue weighted by Crippen LogP contribution is -2.44. The smallest absolute Gasteiger partial charge is 0.256 e. The minimum atomic E-state index is -0.165. The molecular formula is C17H19N5O. The van der Waals surface area contributed by atoms with Gasteiger partial charge in [0.2, 0.25) is 0 Å². The minimum Gasteiger partial charge on any atom is -0.355 e. The van der Waals surface area contributed by atoms with Gasteiger partial charge in [0, 0.05) is 25.6 Å². The van der Waals surface area contributed by atoms with Crippen LogP contribution in [0.4, 0.5) is 5.82 Å². The molecule has 1 aromatic heterocycles. The number of nitrogens with zero attached hydrogens (tertiary/aromatic N) is 3. The normalized spacial score (nSPS) is 17.7. The maximum absolute atomic E-state index is 12.3. The molecule has 6 nitrogen and oxygen atoms in total. The zero-order valence-electron chi connectivity index (χ0n) is 12.8. The molecule has 0 aliphatic carbocycles. The molecule has 2 aromatic rings. The number of aromatic amines is 1. The molecular weight excluding hydrogens is 290 g/mol. The van der Waals surface area contributed by atoms with Crippen LogP contribution in [0.3, 0.4) is 0 Å². The summed E-state index contributed by atoms with van der Waals surface area (Å²) in [6.45, 7) is 1.54. The predicted octanol–water partition coefficient (Wildman–Crippen LogP) is 1.16. The molecule has 0 spiro atoms. The monoisotopic (exact) mass is 309 g/mol. The number of aromatic nitrogens is 2. The summed E-state index contributed by atoms with van der Waals surface area (Å²) in [7, 11) is 0. The van der Waals surface area contributed by atoms with Gasteiger partial charge in [-0.05, 0) is 24.5 Å². The quantitative estimate of drug-likeness (QED) is 0.886. The van der Waals surface area contributed by atoms with Gasteiger partial charge in [0.05, 0.1) is 23.5 Å². The van der Waals surface area contributed by atoms with Crippen LogP contribution >= 0.6 is 0 Å². The number of piperidine rings is 1. The largest absolute Gasteiger partial charge is 0.355 e. The number of benzene rings is 1. The number of H-pyrrole nitrogens is 1. The van der Waals surface area contributed by atoms with Crippen molar-refractivity contribution in [3.8, 4) is 6.07 Å². The van der Waals surface area contributed by atoms with Gasteiger partial charge in [-0.15, -0.1) is 0 Å². The number of rotatable bonds is 3. The van der Waals surface area contributed by atoms with E-state index in [4.69, 9.17) is 5.73 Å². The molecule has 6 heteroatoms. The Labute approximate surface area is 134 Å². The van der Waals surface area contributed by atoms with Gasteiger partial charge in [-0.25, -0.2) is 4.98 Å². The van der Waals surface area contributed by atoms with Crippen LogP contribution in [0, 0.1) is 11.3 Å². The third kappa shape index (κ3) is 3.25. The van der Waals surface area contributed by atoms with Crippen LogP contribution in [-0.4, -0.2) is 29.1 Å². The highest BCUT2D eigenvalue weighted by Gasteiger charge is 2.22. The Morgan fingerprint density at radius 3 is 3.04 bits per heavy atom. The average molecular weight is 309 g/mol. The van der Waals surface area contributed by atoms with E-state index in [1.165, 1.54) is 6.33 Å². The Balaban J connectivity index is 1.99. The van der Waals surface area contributed by atoms with Crippen molar-refractivity contribution >= 4 is 5.82 Å². The summed E-state index contributed by atoms with van der Waals surface area (Å²) in [6, 6.07) is 9.60. The molecule has 1 unspecified atom stereocenters. The van der Waals surface area contributed by atoms with Crippen molar-refractivity contribution in [1.29, 1.82) is 5.26 Å². The molecule has 1 aliphatic heterocycles. The maximum atomic E-state index is 12.3. The summed E-state index contributed by atoms with van der Waals surface area (Å²) < 4.78 is 0. The number of nitrogens with two attached hydrogens (primary N) is 1. The van der Waals surface area contributed by atoms with E-state index in [1.54, 1.807) is 6.07 Å². The molecule has 0 saturated carbocycles. The molecule has 0 bridgehead atoms. The molecule has 1 atom stereocenters. The van der Waals surface area contributed by atoms with Crippen LogP contribution < -0.4 is 16.2 Å². The molecule has 0 radical (unpaired) electrons. The number of nitriles is 1. The van der Waals surface area contributed by atoms with Gasteiger partial charge in [-0.3, -0.25) is 4.79 Å². The Hall–Kier alpha value is -2.65. The SMILES string of the molecule is N#Cc1ccccc1Cc1c(N2CCCC(N)C2)nc[nH]c1=O. The molecule has 3 N–H and O–H groups in total. The molecule has 1 saturated heterocycles. The topological polar surface area (TPSA) is 98.8 Å². The second-order valence-corrected chi connectivity index (χ2v) is 5.83. The van der Waals surface area contributed by atoms with E-state index < -0.39 is 0 Å². The van der Waals surface area contributed by atoms with Gasteiger partial charge >= 0.3 is 0 Å². The fourth-order valence-electron chi connectivity index (χ4n) is 3.03. The van der Waals surface area contributed by atoms with E-state index in [9.17, 15) is 10.1 Å². The Kier molecular flexibility index (Phi) is 4.40. The predicted molar refractivity (Wildman–Crippen MR) is 88.2 cm³/mol. The highest BCUT2D eigenvalue weighted by atomic mass is 16.1.